The molecule has 0 spiro atoms. The van der Waals surface area contributed by atoms with Crippen molar-refractivity contribution in [2.45, 2.75) is 19.4 Å². The zero-order valence-electron chi connectivity index (χ0n) is 7.64. The van der Waals surface area contributed by atoms with Gasteiger partial charge in [-0.2, -0.15) is 4.98 Å². The number of hydrogen-bond donors (Lipinski definition) is 1. The topological polar surface area (TPSA) is 85.5 Å². The maximum atomic E-state index is 10.5. The first-order valence-corrected chi connectivity index (χ1v) is 4.35. The minimum absolute atomic E-state index is 0.245. The van der Waals surface area contributed by atoms with Crippen LogP contribution in [0.4, 0.5) is 0 Å². The third kappa shape index (κ3) is 1.60. The molecule has 1 fully saturated rings. The molecule has 0 amide bonds. The number of aromatic nitrogens is 2. The van der Waals surface area contributed by atoms with Gasteiger partial charge >= 0.3 is 5.97 Å². The van der Waals surface area contributed by atoms with E-state index >= 15 is 0 Å². The first kappa shape index (κ1) is 9.14. The highest BCUT2D eigenvalue weighted by Crippen LogP contribution is 2.30. The molecule has 0 saturated carbocycles. The Bertz CT molecular complexity index is 349. The second-order valence-corrected chi connectivity index (χ2v) is 3.42. The highest BCUT2D eigenvalue weighted by molar-refractivity contribution is 5.82. The minimum atomic E-state index is -1.19. The van der Waals surface area contributed by atoms with Crippen molar-refractivity contribution in [2.75, 3.05) is 6.61 Å². The highest BCUT2D eigenvalue weighted by atomic mass is 16.5. The molecule has 6 heteroatoms. The van der Waals surface area contributed by atoms with E-state index in [-0.39, 0.29) is 17.8 Å². The van der Waals surface area contributed by atoms with Crippen LogP contribution in [-0.4, -0.2) is 27.8 Å². The van der Waals surface area contributed by atoms with E-state index in [0.29, 0.717) is 12.5 Å². The van der Waals surface area contributed by atoms with Crippen LogP contribution in [0.15, 0.2) is 4.52 Å². The minimum Gasteiger partial charge on any atom is -0.475 e. The molecule has 2 atom stereocenters. The quantitative estimate of drug-likeness (QED) is 0.758. The van der Waals surface area contributed by atoms with Crippen LogP contribution in [0.5, 0.6) is 0 Å². The van der Waals surface area contributed by atoms with Crippen molar-refractivity contribution in [1.82, 2.24) is 10.1 Å². The van der Waals surface area contributed by atoms with E-state index in [1.807, 2.05) is 0 Å². The third-order valence-corrected chi connectivity index (χ3v) is 2.11. The van der Waals surface area contributed by atoms with E-state index in [4.69, 9.17) is 14.4 Å². The number of nitrogens with zero attached hydrogens (tertiary/aromatic N) is 2. The summed E-state index contributed by atoms with van der Waals surface area (Å²) in [5.41, 5.74) is 0. The lowest BCUT2D eigenvalue weighted by Gasteiger charge is -2.00. The Kier molecular flexibility index (Phi) is 2.20. The Labute approximate surface area is 79.9 Å². The lowest BCUT2D eigenvalue weighted by Crippen LogP contribution is -2.00. The Hall–Kier alpha value is -1.43. The van der Waals surface area contributed by atoms with Gasteiger partial charge in [0.15, 0.2) is 0 Å². The van der Waals surface area contributed by atoms with Gasteiger partial charge in [0.2, 0.25) is 0 Å². The maximum absolute atomic E-state index is 10.5. The summed E-state index contributed by atoms with van der Waals surface area (Å²) in [5, 5.41) is 11.9. The van der Waals surface area contributed by atoms with E-state index in [1.54, 1.807) is 0 Å². The Morgan fingerprint density at radius 1 is 1.64 bits per heavy atom. The predicted octanol–water partition coefficient (Wildman–Crippen LogP) is 0.865. The monoisotopic (exact) mass is 198 g/mol. The molecule has 14 heavy (non-hydrogen) atoms. The van der Waals surface area contributed by atoms with E-state index in [0.717, 1.165) is 6.42 Å². The summed E-state index contributed by atoms with van der Waals surface area (Å²) in [6.07, 6.45) is 0.548. The number of ether oxygens (including phenoxy) is 1. The summed E-state index contributed by atoms with van der Waals surface area (Å²) in [4.78, 5) is 14.2. The van der Waals surface area contributed by atoms with Crippen LogP contribution >= 0.6 is 0 Å². The standard InChI is InChI=1S/C8H10N2O4/c1-4-2-5(13-3-4)7-9-6(8(11)12)10-14-7/h4-5H,2-3H2,1H3,(H,11,12). The van der Waals surface area contributed by atoms with Gasteiger partial charge in [-0.05, 0) is 17.5 Å². The predicted molar refractivity (Wildman–Crippen MR) is 43.7 cm³/mol. The van der Waals surface area contributed by atoms with Crippen LogP contribution in [0.2, 0.25) is 0 Å². The SMILES string of the molecule is CC1COC(c2nc(C(=O)O)no2)C1. The van der Waals surface area contributed by atoms with E-state index in [1.165, 1.54) is 0 Å². The Morgan fingerprint density at radius 2 is 2.43 bits per heavy atom. The molecule has 0 aromatic carbocycles. The van der Waals surface area contributed by atoms with Gasteiger partial charge in [-0.15, -0.1) is 0 Å². The summed E-state index contributed by atoms with van der Waals surface area (Å²) in [7, 11) is 0. The normalized spacial score (nSPS) is 26.6. The van der Waals surface area contributed by atoms with Crippen molar-refractivity contribution in [3.05, 3.63) is 11.7 Å². The molecule has 1 N–H and O–H groups in total. The first-order chi connectivity index (χ1) is 6.66. The summed E-state index contributed by atoms with van der Waals surface area (Å²) in [6.45, 7) is 2.70. The smallest absolute Gasteiger partial charge is 0.377 e. The molecular formula is C8H10N2O4. The van der Waals surface area contributed by atoms with Crippen molar-refractivity contribution in [3.63, 3.8) is 0 Å². The molecule has 1 aromatic rings. The van der Waals surface area contributed by atoms with Gasteiger partial charge in [0.05, 0.1) is 6.61 Å². The average Bonchev–Trinajstić information content (AvgIpc) is 2.70. The van der Waals surface area contributed by atoms with Crippen molar-refractivity contribution in [2.24, 2.45) is 5.92 Å². The third-order valence-electron chi connectivity index (χ3n) is 2.11. The molecule has 0 aliphatic carbocycles. The summed E-state index contributed by atoms with van der Waals surface area (Å²) in [6, 6.07) is 0. The fraction of sp³-hybridized carbons (Fsp3) is 0.625. The average molecular weight is 198 g/mol. The number of carbonyl (C=O) groups is 1. The van der Waals surface area contributed by atoms with Gasteiger partial charge in [0, 0.05) is 0 Å². The number of carboxylic acids is 1. The van der Waals surface area contributed by atoms with Gasteiger partial charge < -0.3 is 14.4 Å². The molecule has 1 aromatic heterocycles. The molecular weight excluding hydrogens is 188 g/mol. The Balaban J connectivity index is 2.13. The van der Waals surface area contributed by atoms with Crippen molar-refractivity contribution >= 4 is 5.97 Å². The fourth-order valence-electron chi connectivity index (χ4n) is 1.41. The molecule has 1 saturated heterocycles. The van der Waals surface area contributed by atoms with E-state index < -0.39 is 5.97 Å². The summed E-state index contributed by atoms with van der Waals surface area (Å²) >= 11 is 0. The van der Waals surface area contributed by atoms with Crippen LogP contribution in [-0.2, 0) is 4.74 Å². The van der Waals surface area contributed by atoms with Crippen LogP contribution in [0.3, 0.4) is 0 Å². The van der Waals surface area contributed by atoms with Crippen LogP contribution in [0.1, 0.15) is 36.0 Å². The van der Waals surface area contributed by atoms with Gasteiger partial charge in [-0.25, -0.2) is 4.79 Å². The second-order valence-electron chi connectivity index (χ2n) is 3.42. The van der Waals surface area contributed by atoms with Crippen LogP contribution in [0.25, 0.3) is 0 Å². The van der Waals surface area contributed by atoms with E-state index in [2.05, 4.69) is 17.1 Å². The molecule has 1 aliphatic heterocycles. The maximum Gasteiger partial charge on any atom is 0.377 e. The largest absolute Gasteiger partial charge is 0.475 e. The Morgan fingerprint density at radius 3 is 2.93 bits per heavy atom. The van der Waals surface area contributed by atoms with Crippen molar-refractivity contribution in [1.29, 1.82) is 0 Å². The molecule has 1 aliphatic rings. The zero-order chi connectivity index (χ0) is 10.1. The lowest BCUT2D eigenvalue weighted by molar-refractivity contribution is 0.0679. The van der Waals surface area contributed by atoms with Gasteiger partial charge in [-0.3, -0.25) is 0 Å². The van der Waals surface area contributed by atoms with Gasteiger partial charge in [0.25, 0.3) is 11.7 Å². The summed E-state index contributed by atoms with van der Waals surface area (Å²) in [5.74, 6) is -0.805. The fourth-order valence-corrected chi connectivity index (χ4v) is 1.41. The molecule has 2 unspecified atom stereocenters. The number of rotatable bonds is 2. The van der Waals surface area contributed by atoms with Crippen LogP contribution in [0, 0.1) is 5.92 Å². The molecule has 2 rings (SSSR count). The number of carboxylic acid groups (broad SMARTS) is 1. The molecule has 76 valence electrons. The van der Waals surface area contributed by atoms with Crippen molar-refractivity contribution < 1.29 is 19.2 Å². The molecule has 6 nitrogen and oxygen atoms in total. The highest BCUT2D eigenvalue weighted by Gasteiger charge is 2.29. The van der Waals surface area contributed by atoms with Gasteiger partial charge in [-0.1, -0.05) is 6.92 Å². The first-order valence-electron chi connectivity index (χ1n) is 4.35. The molecule has 2 heterocycles. The number of aromatic carboxylic acids is 1. The number of hydrogen-bond acceptors (Lipinski definition) is 5. The zero-order valence-corrected chi connectivity index (χ0v) is 7.64. The van der Waals surface area contributed by atoms with E-state index in [9.17, 15) is 4.79 Å². The molecule has 0 bridgehead atoms. The second kappa shape index (κ2) is 3.38. The summed E-state index contributed by atoms with van der Waals surface area (Å²) < 4.78 is 10.1. The van der Waals surface area contributed by atoms with Gasteiger partial charge in [0.1, 0.15) is 6.10 Å². The van der Waals surface area contributed by atoms with Crippen LogP contribution < -0.4 is 0 Å². The molecule has 0 radical (unpaired) electrons. The lowest BCUT2D eigenvalue weighted by atomic mass is 10.1. The van der Waals surface area contributed by atoms with Crippen molar-refractivity contribution in [3.8, 4) is 0 Å².